The minimum Gasteiger partial charge on any atom is -0.399 e. The third kappa shape index (κ3) is 8.39. The van der Waals surface area contributed by atoms with Crippen LogP contribution in [0.2, 0.25) is 0 Å². The minimum atomic E-state index is 0.689. The van der Waals surface area contributed by atoms with Crippen LogP contribution in [-0.2, 0) is 6.42 Å². The Balaban J connectivity index is 1.47. The summed E-state index contributed by atoms with van der Waals surface area (Å²) in [5.41, 5.74) is 20.5. The van der Waals surface area contributed by atoms with Gasteiger partial charge >= 0.3 is 0 Å². The Kier molecular flexibility index (Phi) is 11.3. The highest BCUT2D eigenvalue weighted by Gasteiger charge is 2.18. The van der Waals surface area contributed by atoms with E-state index in [1.165, 1.54) is 38.6 Å². The molecule has 0 fully saturated rings. The highest BCUT2D eigenvalue weighted by atomic mass is 14.5. The third-order valence-corrected chi connectivity index (χ3v) is 10.6. The molecule has 0 heterocycles. The van der Waals surface area contributed by atoms with Crippen molar-refractivity contribution in [2.24, 2.45) is 0 Å². The number of anilines is 1. The highest BCUT2D eigenvalue weighted by Crippen LogP contribution is 2.44. The lowest BCUT2D eigenvalue weighted by Crippen LogP contribution is -1.94. The molecule has 8 aromatic rings. The molecule has 2 N–H and O–H groups in total. The van der Waals surface area contributed by atoms with Crippen LogP contribution in [0.5, 0.6) is 0 Å². The molecule has 0 aliphatic heterocycles. The third-order valence-electron chi connectivity index (χ3n) is 10.6. The number of allylic oxidation sites excluding steroid dienone is 5. The standard InChI is InChI=1S/C56H45N/c1-2-42(43-22-10-4-11-23-43)34-35-46(33-32-41-20-8-3-9-21-41)50-30-17-7-16-29-49(57)40-55-54(50)39-48-28-18-19-31-51(48)56(55)52-37-36-47(44-24-12-5-13-25-44)38-53(52)45-26-14-6-15-27-45/h2-31,34-40H,1,32-33,57H2/b16-7?,17-7?,29-16?,30-17?,42-34+,46-35+,49-29?,49-40?,50-30?,54-50?,55-40?. The van der Waals surface area contributed by atoms with Gasteiger partial charge in [0.15, 0.2) is 0 Å². The van der Waals surface area contributed by atoms with Gasteiger partial charge in [0.2, 0.25) is 0 Å². The number of nitrogen functional groups attached to an aromatic ring is 1. The lowest BCUT2D eigenvalue weighted by atomic mass is 9.84. The Labute approximate surface area is 336 Å². The molecule has 0 unspecified atom stereocenters. The average molecular weight is 732 g/mol. The molecular formula is C56H45N. The summed E-state index contributed by atoms with van der Waals surface area (Å²) in [7, 11) is 0. The summed E-state index contributed by atoms with van der Waals surface area (Å²) >= 11 is 0. The van der Waals surface area contributed by atoms with Crippen LogP contribution in [0, 0.1) is 0 Å². The summed E-state index contributed by atoms with van der Waals surface area (Å²) in [6.45, 7) is 4.20. The maximum atomic E-state index is 6.90. The smallest absolute Gasteiger partial charge is 0.0320 e. The summed E-state index contributed by atoms with van der Waals surface area (Å²) in [5, 5.41) is 4.56. The fourth-order valence-electron chi connectivity index (χ4n) is 7.76. The van der Waals surface area contributed by atoms with Crippen molar-refractivity contribution in [3.8, 4) is 33.4 Å². The van der Waals surface area contributed by atoms with Gasteiger partial charge in [0.1, 0.15) is 0 Å². The van der Waals surface area contributed by atoms with Crippen LogP contribution >= 0.6 is 0 Å². The molecule has 0 saturated carbocycles. The van der Waals surface area contributed by atoms with E-state index >= 15 is 0 Å². The van der Waals surface area contributed by atoms with Crippen LogP contribution in [0.4, 0.5) is 5.69 Å². The first-order chi connectivity index (χ1) is 28.2. The summed E-state index contributed by atoms with van der Waals surface area (Å²) in [5.74, 6) is 0. The lowest BCUT2D eigenvalue weighted by Gasteiger charge is -2.19. The number of hydrogen-bond acceptors (Lipinski definition) is 1. The van der Waals surface area contributed by atoms with Crippen molar-refractivity contribution in [2.75, 3.05) is 5.73 Å². The van der Waals surface area contributed by atoms with E-state index < -0.39 is 0 Å². The predicted octanol–water partition coefficient (Wildman–Crippen LogP) is 15.0. The molecule has 0 aliphatic rings. The molecule has 0 spiro atoms. The molecule has 0 aromatic heterocycles. The van der Waals surface area contributed by atoms with Crippen molar-refractivity contribution in [3.05, 3.63) is 248 Å². The monoisotopic (exact) mass is 731 g/mol. The van der Waals surface area contributed by atoms with Gasteiger partial charge in [0.05, 0.1) is 0 Å². The number of rotatable bonds is 10. The van der Waals surface area contributed by atoms with E-state index in [-0.39, 0.29) is 0 Å². The summed E-state index contributed by atoms with van der Waals surface area (Å²) in [6.07, 6.45) is 8.18. The van der Waals surface area contributed by atoms with Crippen molar-refractivity contribution in [1.29, 1.82) is 0 Å². The molecule has 274 valence electrons. The summed E-state index contributed by atoms with van der Waals surface area (Å²) in [4.78, 5) is 0. The number of hydrogen-bond donors (Lipinski definition) is 1. The van der Waals surface area contributed by atoms with Gasteiger partial charge in [-0.15, -0.1) is 0 Å². The van der Waals surface area contributed by atoms with Gasteiger partial charge < -0.3 is 5.73 Å². The molecule has 0 radical (unpaired) electrons. The normalized spacial score (nSPS) is 11.6. The van der Waals surface area contributed by atoms with Crippen LogP contribution in [0.1, 0.15) is 23.1 Å². The van der Waals surface area contributed by atoms with Gasteiger partial charge in [0, 0.05) is 5.69 Å². The molecule has 0 saturated heterocycles. The van der Waals surface area contributed by atoms with E-state index in [1.807, 2.05) is 24.3 Å². The van der Waals surface area contributed by atoms with Crippen LogP contribution in [0.25, 0.3) is 66.1 Å². The van der Waals surface area contributed by atoms with Gasteiger partial charge in [-0.05, 0) is 120 Å². The van der Waals surface area contributed by atoms with Crippen LogP contribution in [0.15, 0.2) is 231 Å². The second-order valence-corrected chi connectivity index (χ2v) is 14.3. The maximum Gasteiger partial charge on any atom is 0.0320 e. The first kappa shape index (κ1) is 36.7. The zero-order valence-corrected chi connectivity index (χ0v) is 32.1. The Hall–Kier alpha value is -7.22. The molecule has 0 bridgehead atoms. The topological polar surface area (TPSA) is 26.0 Å². The molecule has 1 nitrogen and oxygen atoms in total. The van der Waals surface area contributed by atoms with Crippen molar-refractivity contribution in [1.82, 2.24) is 0 Å². The average Bonchev–Trinajstić information content (AvgIpc) is 3.27. The Morgan fingerprint density at radius 1 is 0.474 bits per heavy atom. The van der Waals surface area contributed by atoms with Crippen LogP contribution in [-0.4, -0.2) is 0 Å². The Morgan fingerprint density at radius 3 is 1.81 bits per heavy atom. The van der Waals surface area contributed by atoms with Crippen molar-refractivity contribution in [2.45, 2.75) is 12.8 Å². The largest absolute Gasteiger partial charge is 0.399 e. The summed E-state index contributed by atoms with van der Waals surface area (Å²) < 4.78 is 0. The number of fused-ring (bicyclic) bond motifs is 2. The molecule has 8 rings (SSSR count). The molecule has 1 heteroatoms. The predicted molar refractivity (Wildman–Crippen MR) is 247 cm³/mol. The van der Waals surface area contributed by atoms with E-state index in [0.717, 1.165) is 57.0 Å². The number of aryl methyl sites for hydroxylation is 1. The summed E-state index contributed by atoms with van der Waals surface area (Å²) in [6, 6.07) is 73.3. The van der Waals surface area contributed by atoms with E-state index in [0.29, 0.717) is 5.69 Å². The van der Waals surface area contributed by atoms with Gasteiger partial charge in [0.25, 0.3) is 0 Å². The quantitative estimate of drug-likeness (QED) is 0.139. The number of benzene rings is 7. The van der Waals surface area contributed by atoms with Gasteiger partial charge in [-0.2, -0.15) is 0 Å². The van der Waals surface area contributed by atoms with Crippen molar-refractivity contribution in [3.63, 3.8) is 0 Å². The van der Waals surface area contributed by atoms with E-state index in [9.17, 15) is 0 Å². The van der Waals surface area contributed by atoms with Gasteiger partial charge in [-0.25, -0.2) is 0 Å². The molecule has 0 amide bonds. The number of nitrogens with two attached hydrogens (primary N) is 1. The van der Waals surface area contributed by atoms with Gasteiger partial charge in [-0.3, -0.25) is 0 Å². The molecule has 57 heavy (non-hydrogen) atoms. The first-order valence-corrected chi connectivity index (χ1v) is 19.6. The highest BCUT2D eigenvalue weighted by molar-refractivity contribution is 6.17. The van der Waals surface area contributed by atoms with E-state index in [1.54, 1.807) is 0 Å². The Bertz CT molecular complexity index is 2780. The first-order valence-electron chi connectivity index (χ1n) is 19.6. The van der Waals surface area contributed by atoms with E-state index in [4.69, 9.17) is 5.73 Å². The zero-order valence-electron chi connectivity index (χ0n) is 32.1. The maximum absolute atomic E-state index is 6.90. The van der Waals surface area contributed by atoms with Gasteiger partial charge in [-0.1, -0.05) is 207 Å². The van der Waals surface area contributed by atoms with E-state index in [2.05, 4.69) is 207 Å². The molecular weight excluding hydrogens is 687 g/mol. The molecule has 8 aromatic carbocycles. The SMILES string of the molecule is C=C/C(=C\C=C(/CCc1ccccc1)c1cccccc(N)cc2c(-c3ccc(-c4ccccc4)cc3-c3ccccc3)c3ccccc3cc12)c1ccccc1. The van der Waals surface area contributed by atoms with Crippen LogP contribution in [0.3, 0.4) is 0 Å². The zero-order chi connectivity index (χ0) is 38.8. The second kappa shape index (κ2) is 17.5. The fraction of sp³-hybridized carbons (Fsp3) is 0.0357. The van der Waals surface area contributed by atoms with Crippen molar-refractivity contribution < 1.29 is 0 Å². The van der Waals surface area contributed by atoms with Crippen molar-refractivity contribution >= 4 is 38.4 Å². The fourth-order valence-corrected chi connectivity index (χ4v) is 7.76. The Morgan fingerprint density at radius 2 is 1.09 bits per heavy atom. The molecule has 0 atom stereocenters. The molecule has 0 aliphatic carbocycles. The minimum absolute atomic E-state index is 0.689. The van der Waals surface area contributed by atoms with Crippen LogP contribution < -0.4 is 5.73 Å². The lowest BCUT2D eigenvalue weighted by molar-refractivity contribution is 1.02. The second-order valence-electron chi connectivity index (χ2n) is 14.3.